The fraction of sp³-hybridized carbons (Fsp3) is 0.650. The molecule has 5 nitrogen and oxygen atoms in total. The summed E-state index contributed by atoms with van der Waals surface area (Å²) in [6.45, 7) is 7.20. The van der Waals surface area contributed by atoms with E-state index < -0.39 is 0 Å². The second-order valence-electron chi connectivity index (χ2n) is 7.78. The van der Waals surface area contributed by atoms with Crippen molar-refractivity contribution in [2.75, 3.05) is 44.6 Å². The van der Waals surface area contributed by atoms with E-state index in [2.05, 4.69) is 22.3 Å². The van der Waals surface area contributed by atoms with E-state index in [1.165, 1.54) is 24.1 Å². The predicted molar refractivity (Wildman–Crippen MR) is 104 cm³/mol. The third kappa shape index (κ3) is 3.27. The van der Waals surface area contributed by atoms with Crippen molar-refractivity contribution in [1.82, 2.24) is 9.80 Å². The zero-order valence-electron chi connectivity index (χ0n) is 15.5. The summed E-state index contributed by atoms with van der Waals surface area (Å²) >= 11 is 6.26. The molecule has 0 aromatic heterocycles. The van der Waals surface area contributed by atoms with Crippen LogP contribution in [-0.4, -0.2) is 61.3 Å². The lowest BCUT2D eigenvalue weighted by Crippen LogP contribution is -2.51. The first-order valence-corrected chi connectivity index (χ1v) is 10.2. The Labute approximate surface area is 160 Å². The molecule has 0 unspecified atom stereocenters. The number of amides is 1. The van der Waals surface area contributed by atoms with Gasteiger partial charge in [-0.3, -0.25) is 0 Å². The summed E-state index contributed by atoms with van der Waals surface area (Å²) < 4.78 is 5.12. The van der Waals surface area contributed by atoms with Gasteiger partial charge in [0.1, 0.15) is 0 Å². The van der Waals surface area contributed by atoms with Gasteiger partial charge < -0.3 is 19.9 Å². The van der Waals surface area contributed by atoms with Crippen LogP contribution in [0.1, 0.15) is 38.2 Å². The Hall–Kier alpha value is -1.46. The van der Waals surface area contributed by atoms with Crippen LogP contribution in [0.4, 0.5) is 10.5 Å². The van der Waals surface area contributed by atoms with Crippen LogP contribution in [0.25, 0.3) is 0 Å². The molecule has 1 N–H and O–H groups in total. The second-order valence-corrected chi connectivity index (χ2v) is 8.21. The lowest BCUT2D eigenvalue weighted by molar-refractivity contribution is 0.0584. The minimum absolute atomic E-state index is 0.158. The highest BCUT2D eigenvalue weighted by Crippen LogP contribution is 2.45. The van der Waals surface area contributed by atoms with Gasteiger partial charge in [-0.1, -0.05) is 11.6 Å². The molecular weight excluding hydrogens is 350 g/mol. The zero-order valence-corrected chi connectivity index (χ0v) is 16.2. The lowest BCUT2D eigenvalue weighted by atomic mass is 9.74. The third-order valence-corrected chi connectivity index (χ3v) is 6.67. The quantitative estimate of drug-likeness (QED) is 0.853. The number of rotatable bonds is 2. The monoisotopic (exact) mass is 377 g/mol. The highest BCUT2D eigenvalue weighted by atomic mass is 35.5. The van der Waals surface area contributed by atoms with Crippen molar-refractivity contribution in [3.05, 3.63) is 28.8 Å². The number of ether oxygens (including phenoxy) is 1. The molecular formula is C20H28ClN3O2. The molecule has 2 fully saturated rings. The normalized spacial score (nSPS) is 22.9. The third-order valence-electron chi connectivity index (χ3n) is 6.43. The van der Waals surface area contributed by atoms with Crippen LogP contribution < -0.4 is 5.32 Å². The standard InChI is InChI=1S/C20H28ClN3O2/c1-2-26-19(25)24-9-5-16(6-10-24)23-11-7-20(8-12-23)14-22-18-4-3-15(21)13-17(18)20/h3-4,13,16,22H,2,5-12,14H2,1H3. The number of carbonyl (C=O) groups excluding carboxylic acids is 1. The number of fused-ring (bicyclic) bond motifs is 2. The molecule has 2 saturated heterocycles. The van der Waals surface area contributed by atoms with Crippen LogP contribution in [0.2, 0.25) is 5.02 Å². The number of halogens is 1. The maximum Gasteiger partial charge on any atom is 0.409 e. The van der Waals surface area contributed by atoms with Gasteiger partial charge in [0.05, 0.1) is 6.61 Å². The molecule has 0 aliphatic carbocycles. The fourth-order valence-electron chi connectivity index (χ4n) is 4.86. The molecule has 142 valence electrons. The summed E-state index contributed by atoms with van der Waals surface area (Å²) in [4.78, 5) is 16.4. The van der Waals surface area contributed by atoms with Gasteiger partial charge in [0.25, 0.3) is 0 Å². The molecule has 0 saturated carbocycles. The molecule has 0 atom stereocenters. The Morgan fingerprint density at radius 1 is 1.27 bits per heavy atom. The maximum atomic E-state index is 11.9. The molecule has 0 radical (unpaired) electrons. The number of nitrogens with one attached hydrogen (secondary N) is 1. The average molecular weight is 378 g/mol. The highest BCUT2D eigenvalue weighted by Gasteiger charge is 2.42. The Morgan fingerprint density at radius 2 is 2.00 bits per heavy atom. The van der Waals surface area contributed by atoms with E-state index in [-0.39, 0.29) is 11.5 Å². The van der Waals surface area contributed by atoms with Gasteiger partial charge in [-0.15, -0.1) is 0 Å². The van der Waals surface area contributed by atoms with Gasteiger partial charge in [-0.25, -0.2) is 4.79 Å². The molecule has 3 aliphatic rings. The van der Waals surface area contributed by atoms with Crippen LogP contribution in [0.5, 0.6) is 0 Å². The van der Waals surface area contributed by atoms with Crippen molar-refractivity contribution in [3.63, 3.8) is 0 Å². The van der Waals surface area contributed by atoms with Crippen molar-refractivity contribution in [3.8, 4) is 0 Å². The molecule has 3 aliphatic heterocycles. The summed E-state index contributed by atoms with van der Waals surface area (Å²) in [7, 11) is 0. The first-order valence-electron chi connectivity index (χ1n) is 9.81. The van der Waals surface area contributed by atoms with Crippen LogP contribution in [0.3, 0.4) is 0 Å². The molecule has 0 bridgehead atoms. The van der Waals surface area contributed by atoms with E-state index in [0.717, 1.165) is 50.6 Å². The summed E-state index contributed by atoms with van der Waals surface area (Å²) in [5.41, 5.74) is 2.90. The number of nitrogens with zero attached hydrogens (tertiary/aromatic N) is 2. The van der Waals surface area contributed by atoms with Gasteiger partial charge in [0, 0.05) is 41.8 Å². The van der Waals surface area contributed by atoms with E-state index in [1.807, 2.05) is 17.9 Å². The van der Waals surface area contributed by atoms with Crippen molar-refractivity contribution < 1.29 is 9.53 Å². The van der Waals surface area contributed by atoms with E-state index >= 15 is 0 Å². The Balaban J connectivity index is 1.34. The molecule has 1 amide bonds. The molecule has 4 rings (SSSR count). The minimum Gasteiger partial charge on any atom is -0.450 e. The molecule has 1 spiro atoms. The number of hydrogen-bond donors (Lipinski definition) is 1. The first kappa shape index (κ1) is 17.9. The Bertz CT molecular complexity index is 665. The number of likely N-dealkylation sites (tertiary alicyclic amines) is 2. The summed E-state index contributed by atoms with van der Waals surface area (Å²) in [6, 6.07) is 6.83. The van der Waals surface area contributed by atoms with Crippen LogP contribution in [0.15, 0.2) is 18.2 Å². The van der Waals surface area contributed by atoms with Crippen molar-refractivity contribution >= 4 is 23.4 Å². The SMILES string of the molecule is CCOC(=O)N1CCC(N2CCC3(CC2)CNc2ccc(Cl)cc23)CC1. The number of anilines is 1. The molecule has 1 aromatic carbocycles. The van der Waals surface area contributed by atoms with Crippen molar-refractivity contribution in [2.45, 2.75) is 44.1 Å². The van der Waals surface area contributed by atoms with E-state index in [1.54, 1.807) is 0 Å². The average Bonchev–Trinajstić information content (AvgIpc) is 3.00. The number of piperidine rings is 2. The van der Waals surface area contributed by atoms with Gasteiger partial charge in [0.2, 0.25) is 0 Å². The molecule has 3 heterocycles. The van der Waals surface area contributed by atoms with Gasteiger partial charge in [0.15, 0.2) is 0 Å². The Morgan fingerprint density at radius 3 is 2.69 bits per heavy atom. The maximum absolute atomic E-state index is 11.9. The van der Waals surface area contributed by atoms with Gasteiger partial charge in [-0.2, -0.15) is 0 Å². The van der Waals surface area contributed by atoms with Gasteiger partial charge >= 0.3 is 6.09 Å². The molecule has 6 heteroatoms. The van der Waals surface area contributed by atoms with Crippen LogP contribution >= 0.6 is 11.6 Å². The van der Waals surface area contributed by atoms with Crippen molar-refractivity contribution in [1.29, 1.82) is 0 Å². The summed E-state index contributed by atoms with van der Waals surface area (Å²) in [5, 5.41) is 4.41. The van der Waals surface area contributed by atoms with E-state index in [4.69, 9.17) is 16.3 Å². The van der Waals surface area contributed by atoms with E-state index in [9.17, 15) is 4.79 Å². The number of benzene rings is 1. The largest absolute Gasteiger partial charge is 0.450 e. The summed E-state index contributed by atoms with van der Waals surface area (Å²) in [5.74, 6) is 0. The smallest absolute Gasteiger partial charge is 0.409 e. The predicted octanol–water partition coefficient (Wildman–Crippen LogP) is 3.72. The lowest BCUT2D eigenvalue weighted by Gasteiger charge is -2.45. The van der Waals surface area contributed by atoms with Crippen molar-refractivity contribution in [2.24, 2.45) is 0 Å². The number of hydrogen-bond acceptors (Lipinski definition) is 4. The summed E-state index contributed by atoms with van der Waals surface area (Å²) in [6.07, 6.45) is 4.28. The second kappa shape index (κ2) is 7.28. The van der Waals surface area contributed by atoms with Gasteiger partial charge in [-0.05, 0) is 69.5 Å². The first-order chi connectivity index (χ1) is 12.6. The van der Waals surface area contributed by atoms with E-state index in [0.29, 0.717) is 12.6 Å². The number of carbonyl (C=O) groups is 1. The fourth-order valence-corrected chi connectivity index (χ4v) is 5.03. The molecule has 26 heavy (non-hydrogen) atoms. The topological polar surface area (TPSA) is 44.8 Å². The Kier molecular flexibility index (Phi) is 5.02. The van der Waals surface area contributed by atoms with Crippen LogP contribution in [0, 0.1) is 0 Å². The van der Waals surface area contributed by atoms with Crippen LogP contribution in [-0.2, 0) is 10.2 Å². The minimum atomic E-state index is -0.158. The highest BCUT2D eigenvalue weighted by molar-refractivity contribution is 6.30. The zero-order chi connectivity index (χ0) is 18.1. The molecule has 1 aromatic rings.